The highest BCUT2D eigenvalue weighted by molar-refractivity contribution is 6.05. The molecule has 0 spiro atoms. The van der Waals surface area contributed by atoms with Gasteiger partial charge in [-0.2, -0.15) is 0 Å². The first-order valence-electron chi connectivity index (χ1n) is 5.74. The molecule has 0 bridgehead atoms. The number of pyridine rings is 1. The smallest absolute Gasteiger partial charge is 0.256 e. The normalized spacial score (nSPS) is 23.0. The number of rotatable bonds is 1. The zero-order valence-corrected chi connectivity index (χ0v) is 9.55. The van der Waals surface area contributed by atoms with Crippen LogP contribution in [-0.2, 0) is 16.1 Å². The lowest BCUT2D eigenvalue weighted by Crippen LogP contribution is -2.52. The van der Waals surface area contributed by atoms with Crippen LogP contribution in [0.15, 0.2) is 18.5 Å². The Bertz CT molecular complexity index is 555. The van der Waals surface area contributed by atoms with E-state index in [-0.39, 0.29) is 24.1 Å². The van der Waals surface area contributed by atoms with Crippen molar-refractivity contribution in [1.29, 1.82) is 0 Å². The summed E-state index contributed by atoms with van der Waals surface area (Å²) in [7, 11) is 0. The maximum atomic E-state index is 12.1. The predicted molar refractivity (Wildman–Crippen MR) is 60.3 cm³/mol. The Balaban J connectivity index is 1.86. The van der Waals surface area contributed by atoms with Crippen molar-refractivity contribution < 1.29 is 14.4 Å². The highest BCUT2D eigenvalue weighted by Gasteiger charge is 2.38. The fraction of sp³-hybridized carbons (Fsp3) is 0.333. The van der Waals surface area contributed by atoms with Crippen LogP contribution in [0.5, 0.6) is 0 Å². The van der Waals surface area contributed by atoms with Crippen molar-refractivity contribution in [3.8, 4) is 0 Å². The van der Waals surface area contributed by atoms with E-state index in [9.17, 15) is 14.4 Å². The lowest BCUT2D eigenvalue weighted by molar-refractivity contribution is -0.136. The minimum Gasteiger partial charge on any atom is -0.322 e. The lowest BCUT2D eigenvalue weighted by atomic mass is 10.0. The fourth-order valence-electron chi connectivity index (χ4n) is 2.39. The molecule has 1 saturated heterocycles. The van der Waals surface area contributed by atoms with Gasteiger partial charge in [0.05, 0.1) is 5.56 Å². The number of nitrogens with zero attached hydrogens (tertiary/aromatic N) is 2. The third-order valence-corrected chi connectivity index (χ3v) is 3.33. The summed E-state index contributed by atoms with van der Waals surface area (Å²) >= 11 is 0. The molecule has 2 aliphatic heterocycles. The molecule has 2 aliphatic rings. The predicted octanol–water partition coefficient (Wildman–Crippen LogP) is -0.157. The van der Waals surface area contributed by atoms with E-state index in [1.54, 1.807) is 12.3 Å². The molecule has 1 aromatic heterocycles. The number of carbonyl (C=O) groups excluding carboxylic acids is 3. The van der Waals surface area contributed by atoms with Crippen LogP contribution < -0.4 is 5.32 Å². The van der Waals surface area contributed by atoms with E-state index in [4.69, 9.17) is 0 Å². The van der Waals surface area contributed by atoms with Gasteiger partial charge in [0.1, 0.15) is 6.04 Å². The molecule has 92 valence electrons. The molecule has 1 N–H and O–H groups in total. The topological polar surface area (TPSA) is 79.4 Å². The molecular weight excluding hydrogens is 234 g/mol. The van der Waals surface area contributed by atoms with Crippen molar-refractivity contribution >= 4 is 17.7 Å². The highest BCUT2D eigenvalue weighted by atomic mass is 16.2. The van der Waals surface area contributed by atoms with Crippen LogP contribution in [0.4, 0.5) is 0 Å². The molecule has 0 aliphatic carbocycles. The Hall–Kier alpha value is -2.24. The zero-order valence-electron chi connectivity index (χ0n) is 9.55. The Labute approximate surface area is 103 Å². The summed E-state index contributed by atoms with van der Waals surface area (Å²) in [6.45, 7) is 0.406. The van der Waals surface area contributed by atoms with E-state index in [0.717, 1.165) is 5.56 Å². The van der Waals surface area contributed by atoms with Gasteiger partial charge in [-0.25, -0.2) is 0 Å². The van der Waals surface area contributed by atoms with Gasteiger partial charge >= 0.3 is 0 Å². The molecule has 0 aromatic carbocycles. The first kappa shape index (κ1) is 10.9. The molecule has 6 heteroatoms. The number of fused-ring (bicyclic) bond motifs is 1. The maximum absolute atomic E-state index is 12.1. The van der Waals surface area contributed by atoms with Gasteiger partial charge in [-0.3, -0.25) is 24.7 Å². The number of nitrogens with one attached hydrogen (secondary N) is 1. The molecule has 3 rings (SSSR count). The van der Waals surface area contributed by atoms with E-state index < -0.39 is 6.04 Å². The Morgan fingerprint density at radius 2 is 2.17 bits per heavy atom. The molecule has 18 heavy (non-hydrogen) atoms. The molecule has 1 fully saturated rings. The van der Waals surface area contributed by atoms with E-state index in [1.807, 2.05) is 0 Å². The number of aromatic nitrogens is 1. The van der Waals surface area contributed by atoms with Gasteiger partial charge in [0.15, 0.2) is 0 Å². The van der Waals surface area contributed by atoms with Crippen molar-refractivity contribution in [2.45, 2.75) is 25.4 Å². The molecule has 0 radical (unpaired) electrons. The molecule has 0 saturated carbocycles. The van der Waals surface area contributed by atoms with Gasteiger partial charge in [-0.05, 0) is 18.1 Å². The van der Waals surface area contributed by atoms with Crippen molar-refractivity contribution in [3.05, 3.63) is 29.6 Å². The minimum absolute atomic E-state index is 0.187. The number of piperidine rings is 1. The molecular formula is C12H11N3O3. The van der Waals surface area contributed by atoms with Gasteiger partial charge in [-0.1, -0.05) is 0 Å². The maximum Gasteiger partial charge on any atom is 0.256 e. The summed E-state index contributed by atoms with van der Waals surface area (Å²) < 4.78 is 0. The van der Waals surface area contributed by atoms with Crippen molar-refractivity contribution in [1.82, 2.24) is 15.2 Å². The van der Waals surface area contributed by atoms with E-state index in [2.05, 4.69) is 10.3 Å². The number of hydrogen-bond acceptors (Lipinski definition) is 4. The molecule has 1 unspecified atom stereocenters. The van der Waals surface area contributed by atoms with Gasteiger partial charge < -0.3 is 4.90 Å². The van der Waals surface area contributed by atoms with Crippen LogP contribution in [0.1, 0.15) is 28.8 Å². The van der Waals surface area contributed by atoms with Crippen LogP contribution in [0.3, 0.4) is 0 Å². The average Bonchev–Trinajstić information content (AvgIpc) is 2.68. The van der Waals surface area contributed by atoms with Crippen molar-refractivity contribution in [2.75, 3.05) is 0 Å². The third kappa shape index (κ3) is 1.57. The fourth-order valence-corrected chi connectivity index (χ4v) is 2.39. The molecule has 3 amide bonds. The van der Waals surface area contributed by atoms with E-state index >= 15 is 0 Å². The third-order valence-electron chi connectivity index (χ3n) is 3.33. The summed E-state index contributed by atoms with van der Waals surface area (Å²) in [6, 6.07) is 1.22. The number of amides is 3. The summed E-state index contributed by atoms with van der Waals surface area (Å²) in [5.74, 6) is -0.852. The van der Waals surface area contributed by atoms with Crippen molar-refractivity contribution in [3.63, 3.8) is 0 Å². The number of imide groups is 1. The summed E-state index contributed by atoms with van der Waals surface area (Å²) in [4.78, 5) is 40.4. The molecule has 3 heterocycles. The van der Waals surface area contributed by atoms with Gasteiger partial charge in [0, 0.05) is 25.4 Å². The average molecular weight is 245 g/mol. The number of hydrogen-bond donors (Lipinski definition) is 1. The zero-order chi connectivity index (χ0) is 12.7. The van der Waals surface area contributed by atoms with E-state index in [0.29, 0.717) is 18.5 Å². The number of carbonyl (C=O) groups is 3. The second-order valence-corrected chi connectivity index (χ2v) is 4.43. The second kappa shape index (κ2) is 3.90. The Morgan fingerprint density at radius 3 is 2.89 bits per heavy atom. The van der Waals surface area contributed by atoms with Crippen LogP contribution in [-0.4, -0.2) is 33.6 Å². The van der Waals surface area contributed by atoms with Gasteiger partial charge in [-0.15, -0.1) is 0 Å². The second-order valence-electron chi connectivity index (χ2n) is 4.43. The van der Waals surface area contributed by atoms with Crippen molar-refractivity contribution in [2.24, 2.45) is 0 Å². The van der Waals surface area contributed by atoms with Gasteiger partial charge in [0.2, 0.25) is 11.8 Å². The SMILES string of the molecule is O=C1CCC(N2Cc3ccncc3C2=O)C(=O)N1. The summed E-state index contributed by atoms with van der Waals surface area (Å²) in [5.41, 5.74) is 1.42. The monoisotopic (exact) mass is 245 g/mol. The lowest BCUT2D eigenvalue weighted by Gasteiger charge is -2.29. The highest BCUT2D eigenvalue weighted by Crippen LogP contribution is 2.26. The first-order chi connectivity index (χ1) is 8.66. The molecule has 1 atom stereocenters. The Morgan fingerprint density at radius 1 is 1.33 bits per heavy atom. The summed E-state index contributed by atoms with van der Waals surface area (Å²) in [6.07, 6.45) is 3.80. The quantitative estimate of drug-likeness (QED) is 0.697. The summed E-state index contributed by atoms with van der Waals surface area (Å²) in [5, 5.41) is 2.27. The minimum atomic E-state index is -0.553. The van der Waals surface area contributed by atoms with E-state index in [1.165, 1.54) is 11.1 Å². The first-order valence-corrected chi connectivity index (χ1v) is 5.74. The van der Waals surface area contributed by atoms with Crippen LogP contribution >= 0.6 is 0 Å². The largest absolute Gasteiger partial charge is 0.322 e. The molecule has 1 aromatic rings. The van der Waals surface area contributed by atoms with Crippen LogP contribution in [0.2, 0.25) is 0 Å². The van der Waals surface area contributed by atoms with Gasteiger partial charge in [0.25, 0.3) is 5.91 Å². The van der Waals surface area contributed by atoms with Crippen LogP contribution in [0, 0.1) is 0 Å². The Kier molecular flexibility index (Phi) is 2.36. The molecule has 6 nitrogen and oxygen atoms in total. The standard InChI is InChI=1S/C12H11N3O3/c16-10-2-1-9(11(17)14-10)15-6-7-3-4-13-5-8(7)12(15)18/h3-5,9H,1-2,6H2,(H,14,16,17). The van der Waals surface area contributed by atoms with Crippen LogP contribution in [0.25, 0.3) is 0 Å².